The number of hydrogen-bond acceptors (Lipinski definition) is 5. The first-order valence-corrected chi connectivity index (χ1v) is 5.90. The van der Waals surface area contributed by atoms with E-state index < -0.39 is 5.97 Å². The van der Waals surface area contributed by atoms with E-state index in [1.807, 2.05) is 0 Å². The Labute approximate surface area is 97.6 Å². The molecule has 1 aliphatic carbocycles. The van der Waals surface area contributed by atoms with Crippen molar-refractivity contribution in [3.05, 3.63) is 15.6 Å². The molecule has 0 unspecified atom stereocenters. The van der Waals surface area contributed by atoms with Crippen LogP contribution in [0.3, 0.4) is 0 Å². The van der Waals surface area contributed by atoms with Crippen molar-refractivity contribution in [2.75, 3.05) is 7.11 Å². The molecule has 1 heterocycles. The number of aromatic nitrogens is 1. The van der Waals surface area contributed by atoms with E-state index in [0.717, 1.165) is 17.8 Å². The Balaban J connectivity index is 2.46. The maximum Gasteiger partial charge on any atom is 0.358 e. The molecule has 1 fully saturated rings. The maximum atomic E-state index is 11.5. The summed E-state index contributed by atoms with van der Waals surface area (Å²) in [4.78, 5) is 27.6. The van der Waals surface area contributed by atoms with E-state index in [9.17, 15) is 9.59 Å². The molecule has 1 saturated carbocycles. The predicted molar refractivity (Wildman–Crippen MR) is 60.0 cm³/mol. The highest BCUT2D eigenvalue weighted by atomic mass is 32.1. The molecule has 0 saturated heterocycles. The van der Waals surface area contributed by atoms with Gasteiger partial charge in [0.05, 0.1) is 7.11 Å². The lowest BCUT2D eigenvalue weighted by Crippen LogP contribution is -2.07. The van der Waals surface area contributed by atoms with Gasteiger partial charge in [0, 0.05) is 12.3 Å². The van der Waals surface area contributed by atoms with Gasteiger partial charge in [0.1, 0.15) is 9.88 Å². The Bertz CT molecular complexity index is 460. The molecule has 0 aromatic carbocycles. The lowest BCUT2D eigenvalue weighted by Gasteiger charge is -2.00. The van der Waals surface area contributed by atoms with E-state index in [1.165, 1.54) is 25.4 Å². The second-order valence-corrected chi connectivity index (χ2v) is 5.30. The van der Waals surface area contributed by atoms with Gasteiger partial charge in [0.25, 0.3) is 0 Å². The summed E-state index contributed by atoms with van der Waals surface area (Å²) in [5.74, 6) is -0.662. The van der Waals surface area contributed by atoms with Crippen LogP contribution < -0.4 is 0 Å². The number of methoxy groups -OCH3 is 1. The quantitative estimate of drug-likeness (QED) is 0.599. The van der Waals surface area contributed by atoms with Crippen LogP contribution in [0.2, 0.25) is 0 Å². The number of Topliss-reactive ketones (excluding diaryl/α,β-unsaturated/α-hetero) is 1. The van der Waals surface area contributed by atoms with E-state index in [1.54, 1.807) is 0 Å². The van der Waals surface area contributed by atoms with E-state index in [4.69, 9.17) is 0 Å². The third kappa shape index (κ3) is 1.75. The molecular formula is C11H13NO3S. The summed E-state index contributed by atoms with van der Waals surface area (Å²) >= 11 is 1.32. The molecule has 0 spiro atoms. The molecule has 2 rings (SSSR count). The van der Waals surface area contributed by atoms with Crippen LogP contribution in [-0.2, 0) is 10.2 Å². The van der Waals surface area contributed by atoms with E-state index in [-0.39, 0.29) is 16.9 Å². The van der Waals surface area contributed by atoms with Gasteiger partial charge in [0.2, 0.25) is 0 Å². The fourth-order valence-electron chi connectivity index (χ4n) is 1.45. The number of hydrogen-bond donors (Lipinski definition) is 0. The number of rotatable bonds is 3. The zero-order chi connectivity index (χ0) is 11.9. The van der Waals surface area contributed by atoms with Crippen LogP contribution >= 0.6 is 11.3 Å². The Morgan fingerprint density at radius 2 is 2.06 bits per heavy atom. The number of thiazole rings is 1. The summed E-state index contributed by atoms with van der Waals surface area (Å²) in [5, 5.41) is 0.873. The van der Waals surface area contributed by atoms with Gasteiger partial charge < -0.3 is 4.74 Å². The number of ether oxygens (including phenoxy) is 1. The van der Waals surface area contributed by atoms with Gasteiger partial charge in [-0.3, -0.25) is 4.79 Å². The summed E-state index contributed by atoms with van der Waals surface area (Å²) in [7, 11) is 1.30. The van der Waals surface area contributed by atoms with Crippen LogP contribution in [0, 0.1) is 0 Å². The lowest BCUT2D eigenvalue weighted by atomic mass is 10.2. The molecule has 4 nitrogen and oxygen atoms in total. The molecular weight excluding hydrogens is 226 g/mol. The first kappa shape index (κ1) is 11.3. The molecule has 1 aromatic heterocycles. The summed E-state index contributed by atoms with van der Waals surface area (Å²) in [6.07, 6.45) is 2.14. The fraction of sp³-hybridized carbons (Fsp3) is 0.545. The molecule has 0 bridgehead atoms. The van der Waals surface area contributed by atoms with Gasteiger partial charge in [-0.25, -0.2) is 9.78 Å². The number of carbonyl (C=O) groups is 2. The second-order valence-electron chi connectivity index (χ2n) is 4.31. The predicted octanol–water partition coefficient (Wildman–Crippen LogP) is 2.18. The molecule has 0 atom stereocenters. The molecule has 0 N–H and O–H groups in total. The van der Waals surface area contributed by atoms with Crippen LogP contribution in [0.15, 0.2) is 0 Å². The van der Waals surface area contributed by atoms with Crippen molar-refractivity contribution in [1.29, 1.82) is 0 Å². The van der Waals surface area contributed by atoms with Crippen LogP contribution in [0.5, 0.6) is 0 Å². The van der Waals surface area contributed by atoms with E-state index in [2.05, 4.69) is 16.6 Å². The molecule has 0 amide bonds. The van der Waals surface area contributed by atoms with Crippen molar-refractivity contribution >= 4 is 23.1 Å². The summed E-state index contributed by atoms with van der Waals surface area (Å²) in [6.45, 7) is 3.54. The Kier molecular flexibility index (Phi) is 2.58. The van der Waals surface area contributed by atoms with Crippen molar-refractivity contribution in [1.82, 2.24) is 4.98 Å². The number of carbonyl (C=O) groups excluding carboxylic acids is 2. The summed E-state index contributed by atoms with van der Waals surface area (Å²) in [6, 6.07) is 0. The highest BCUT2D eigenvalue weighted by Crippen LogP contribution is 2.49. The van der Waals surface area contributed by atoms with E-state index >= 15 is 0 Å². The molecule has 0 aliphatic heterocycles. The van der Waals surface area contributed by atoms with Crippen LogP contribution in [0.1, 0.15) is 51.9 Å². The maximum absolute atomic E-state index is 11.5. The van der Waals surface area contributed by atoms with Crippen LogP contribution in [-0.4, -0.2) is 23.8 Å². The first-order chi connectivity index (χ1) is 7.48. The Hall–Kier alpha value is -1.23. The van der Waals surface area contributed by atoms with Crippen molar-refractivity contribution in [2.24, 2.45) is 0 Å². The molecule has 5 heteroatoms. The highest BCUT2D eigenvalue weighted by molar-refractivity contribution is 7.14. The van der Waals surface area contributed by atoms with E-state index in [0.29, 0.717) is 4.88 Å². The second kappa shape index (κ2) is 3.66. The van der Waals surface area contributed by atoms with Gasteiger partial charge in [0.15, 0.2) is 11.5 Å². The average molecular weight is 239 g/mol. The summed E-state index contributed by atoms with van der Waals surface area (Å²) in [5.41, 5.74) is 0.240. The standard InChI is InChI=1S/C11H13NO3S/c1-6(13)8-7(9(14)15-3)12-10(16-8)11(2)4-5-11/h4-5H2,1-3H3. The minimum absolute atomic E-state index is 0.0706. The smallest absolute Gasteiger partial charge is 0.358 e. The van der Waals surface area contributed by atoms with Crippen molar-refractivity contribution in [2.45, 2.75) is 32.1 Å². The van der Waals surface area contributed by atoms with Crippen LogP contribution in [0.25, 0.3) is 0 Å². The van der Waals surface area contributed by atoms with Gasteiger partial charge in [-0.15, -0.1) is 11.3 Å². The summed E-state index contributed by atoms with van der Waals surface area (Å²) < 4.78 is 4.63. The minimum Gasteiger partial charge on any atom is -0.464 e. The normalized spacial score (nSPS) is 16.9. The number of esters is 1. The molecule has 1 aliphatic rings. The van der Waals surface area contributed by atoms with Gasteiger partial charge in [-0.2, -0.15) is 0 Å². The van der Waals surface area contributed by atoms with Gasteiger partial charge >= 0.3 is 5.97 Å². The SMILES string of the molecule is COC(=O)c1nc(C2(C)CC2)sc1C(C)=O. The third-order valence-corrected chi connectivity index (χ3v) is 4.30. The fourth-order valence-corrected chi connectivity index (χ4v) is 2.60. The zero-order valence-corrected chi connectivity index (χ0v) is 10.3. The Morgan fingerprint density at radius 1 is 1.44 bits per heavy atom. The molecule has 0 radical (unpaired) electrons. The number of ketones is 1. The zero-order valence-electron chi connectivity index (χ0n) is 9.49. The van der Waals surface area contributed by atoms with Crippen molar-refractivity contribution in [3.8, 4) is 0 Å². The minimum atomic E-state index is -0.531. The first-order valence-electron chi connectivity index (χ1n) is 5.08. The third-order valence-electron chi connectivity index (χ3n) is 2.84. The molecule has 1 aromatic rings. The monoisotopic (exact) mass is 239 g/mol. The van der Waals surface area contributed by atoms with Crippen molar-refractivity contribution < 1.29 is 14.3 Å². The van der Waals surface area contributed by atoms with Crippen LogP contribution in [0.4, 0.5) is 0 Å². The lowest BCUT2D eigenvalue weighted by molar-refractivity contribution is 0.0591. The molecule has 16 heavy (non-hydrogen) atoms. The number of nitrogens with zero attached hydrogens (tertiary/aromatic N) is 1. The Morgan fingerprint density at radius 3 is 2.50 bits per heavy atom. The topological polar surface area (TPSA) is 56.3 Å². The van der Waals surface area contributed by atoms with Crippen molar-refractivity contribution in [3.63, 3.8) is 0 Å². The highest BCUT2D eigenvalue weighted by Gasteiger charge is 2.43. The van der Waals surface area contributed by atoms with Gasteiger partial charge in [-0.1, -0.05) is 6.92 Å². The average Bonchev–Trinajstić information content (AvgIpc) is 2.84. The molecule has 86 valence electrons. The largest absolute Gasteiger partial charge is 0.464 e. The van der Waals surface area contributed by atoms with Gasteiger partial charge in [-0.05, 0) is 12.8 Å².